The molecule has 6 amide bonds. The van der Waals surface area contributed by atoms with E-state index in [1.165, 1.54) is 97.5 Å². The van der Waals surface area contributed by atoms with E-state index in [0.717, 1.165) is 25.9 Å². The van der Waals surface area contributed by atoms with Gasteiger partial charge in [-0.3, -0.25) is 45.0 Å². The monoisotopic (exact) mass is 1410 g/mol. The molecular formula is C66H55Cl6N15O9. The molecule has 3 aromatic heterocycles. The number of nitrogens with zero attached hydrogens (tertiary/aromatic N) is 5. The zero-order valence-corrected chi connectivity index (χ0v) is 54.8. The van der Waals surface area contributed by atoms with Gasteiger partial charge >= 0.3 is 0 Å². The first-order valence-corrected chi connectivity index (χ1v) is 30.5. The molecule has 1 aliphatic heterocycles. The van der Waals surface area contributed by atoms with E-state index in [1.54, 1.807) is 85.7 Å². The number of benzene rings is 6. The van der Waals surface area contributed by atoms with Crippen molar-refractivity contribution in [2.75, 3.05) is 59.1 Å². The number of phenolic OH excluding ortho intramolecular Hbond substituents is 3. The number of carbonyl (C=O) groups excluding carboxylic acids is 6. The van der Waals surface area contributed by atoms with E-state index in [1.807, 2.05) is 4.90 Å². The molecule has 0 atom stereocenters. The van der Waals surface area contributed by atoms with Gasteiger partial charge in [0.15, 0.2) is 0 Å². The summed E-state index contributed by atoms with van der Waals surface area (Å²) in [6.45, 7) is 1.71. The number of hydrogen-bond acceptors (Lipinski definition) is 15. The Bertz CT molecular complexity index is 4450. The first-order valence-electron chi connectivity index (χ1n) is 28.3. The molecule has 24 nitrogen and oxygen atoms in total. The number of aromatic nitrogens is 3. The van der Waals surface area contributed by atoms with Crippen LogP contribution in [-0.4, -0.2) is 120 Å². The van der Waals surface area contributed by atoms with Crippen LogP contribution in [0, 0.1) is 16.2 Å². The van der Waals surface area contributed by atoms with Crippen molar-refractivity contribution in [1.29, 1.82) is 16.2 Å². The van der Waals surface area contributed by atoms with Crippen LogP contribution in [-0.2, 0) is 0 Å². The molecule has 0 radical (unpaired) electrons. The number of nitrogens with one attached hydrogen (secondary N) is 9. The van der Waals surface area contributed by atoms with E-state index in [0.29, 0.717) is 49.0 Å². The summed E-state index contributed by atoms with van der Waals surface area (Å²) in [6, 6.07) is 35.8. The molecule has 6 aromatic carbocycles. The molecule has 14 N–H and O–H groups in total. The molecule has 4 heterocycles. The van der Waals surface area contributed by atoms with Crippen molar-refractivity contribution in [2.24, 2.45) is 5.73 Å². The predicted octanol–water partition coefficient (Wildman–Crippen LogP) is 13.4. The molecule has 0 saturated carbocycles. The number of hydrogen-bond donors (Lipinski definition) is 13. The largest absolute Gasteiger partial charge is 0.506 e. The smallest absolute Gasteiger partial charge is 0.259 e. The highest BCUT2D eigenvalue weighted by atomic mass is 35.5. The molecule has 0 bridgehead atoms. The predicted molar refractivity (Wildman–Crippen MR) is 373 cm³/mol. The number of amides is 6. The van der Waals surface area contributed by atoms with Crippen molar-refractivity contribution in [3.63, 3.8) is 0 Å². The highest BCUT2D eigenvalue weighted by Gasteiger charge is 2.25. The molecule has 1 saturated heterocycles. The number of likely N-dealkylation sites (tertiary alicyclic amines) is 1. The minimum atomic E-state index is -0.648. The van der Waals surface area contributed by atoms with E-state index >= 15 is 0 Å². The van der Waals surface area contributed by atoms with Crippen LogP contribution in [0.1, 0.15) is 91.7 Å². The van der Waals surface area contributed by atoms with Crippen LogP contribution in [0.4, 0.5) is 34.5 Å². The molecule has 1 aliphatic rings. The fourth-order valence-electron chi connectivity index (χ4n) is 8.91. The van der Waals surface area contributed by atoms with Crippen molar-refractivity contribution >= 4 is 157 Å². The zero-order chi connectivity index (χ0) is 69.5. The molecule has 0 unspecified atom stereocenters. The molecule has 10 rings (SSSR count). The van der Waals surface area contributed by atoms with Gasteiger partial charge < -0.3 is 62.8 Å². The third-order valence-corrected chi connectivity index (χ3v) is 15.1. The fourth-order valence-corrected chi connectivity index (χ4v) is 9.88. The summed E-state index contributed by atoms with van der Waals surface area (Å²) in [5.41, 5.74) is 7.56. The van der Waals surface area contributed by atoms with Crippen molar-refractivity contribution in [2.45, 2.75) is 12.8 Å². The summed E-state index contributed by atoms with van der Waals surface area (Å²) < 4.78 is 0. The number of carbonyl (C=O) groups is 6. The number of nitrogens with two attached hydrogens (primary N) is 1. The molecular weight excluding hydrogens is 1360 g/mol. The van der Waals surface area contributed by atoms with Gasteiger partial charge in [0.25, 0.3) is 35.4 Å². The van der Waals surface area contributed by atoms with E-state index in [-0.39, 0.29) is 100 Å². The molecule has 96 heavy (non-hydrogen) atoms. The molecule has 490 valence electrons. The number of halogens is 6. The summed E-state index contributed by atoms with van der Waals surface area (Å²) in [5.74, 6) is -3.41. The summed E-state index contributed by atoms with van der Waals surface area (Å²) >= 11 is 35.4. The second kappa shape index (κ2) is 32.3. The Labute approximate surface area is 577 Å². The summed E-state index contributed by atoms with van der Waals surface area (Å²) in [4.78, 5) is 92.2. The molecule has 1 fully saturated rings. The first kappa shape index (κ1) is 71.0. The lowest BCUT2D eigenvalue weighted by atomic mass is 10.1. The zero-order valence-electron chi connectivity index (χ0n) is 50.3. The topological polar surface area (TPSA) is 378 Å². The normalized spacial score (nSPS) is 11.3. The van der Waals surface area contributed by atoms with Gasteiger partial charge in [0.05, 0.1) is 48.8 Å². The molecule has 0 aliphatic carbocycles. The maximum absolute atomic E-state index is 12.9. The number of nitrogen functional groups attached to an aromatic ring is 1. The minimum absolute atomic E-state index is 0.0393. The van der Waals surface area contributed by atoms with E-state index in [4.69, 9.17) is 91.6 Å². The number of amidine groups is 3. The average Bonchev–Trinajstić information content (AvgIpc) is 1.05. The van der Waals surface area contributed by atoms with Crippen LogP contribution >= 0.6 is 69.6 Å². The Morgan fingerprint density at radius 2 is 0.698 bits per heavy atom. The van der Waals surface area contributed by atoms with Crippen molar-refractivity contribution in [3.8, 4) is 17.2 Å². The third kappa shape index (κ3) is 18.9. The molecule has 30 heteroatoms. The van der Waals surface area contributed by atoms with Gasteiger partial charge in [0.1, 0.15) is 52.2 Å². The van der Waals surface area contributed by atoms with Gasteiger partial charge in [-0.15, -0.1) is 0 Å². The molecule has 9 aromatic rings. The third-order valence-electron chi connectivity index (χ3n) is 13.8. The maximum Gasteiger partial charge on any atom is 0.259 e. The summed E-state index contributed by atoms with van der Waals surface area (Å²) in [6.07, 6.45) is 6.24. The van der Waals surface area contributed by atoms with Crippen LogP contribution in [0.2, 0.25) is 30.1 Å². The number of anilines is 6. The highest BCUT2D eigenvalue weighted by molar-refractivity contribution is 6.33. The number of rotatable bonds is 15. The van der Waals surface area contributed by atoms with Crippen molar-refractivity contribution in [1.82, 2.24) is 24.8 Å². The quantitative estimate of drug-likeness (QED) is 0.0258. The lowest BCUT2D eigenvalue weighted by molar-refractivity contribution is 0.101. The Morgan fingerprint density at radius 1 is 0.406 bits per heavy atom. The second-order valence-corrected chi connectivity index (χ2v) is 23.4. The van der Waals surface area contributed by atoms with Gasteiger partial charge in [-0.1, -0.05) is 106 Å². The number of pyridine rings is 3. The van der Waals surface area contributed by atoms with Gasteiger partial charge in [0.2, 0.25) is 0 Å². The lowest BCUT2D eigenvalue weighted by Gasteiger charge is -2.18. The van der Waals surface area contributed by atoms with Crippen LogP contribution in [0.5, 0.6) is 17.2 Å². The van der Waals surface area contributed by atoms with Gasteiger partial charge in [0, 0.05) is 112 Å². The number of aromatic hydroxyl groups is 3. The Balaban J connectivity index is 0.000000185. The summed E-state index contributed by atoms with van der Waals surface area (Å²) in [5, 5.41) is 71.7. The SMILES string of the molecule is CN(C)C(=N)c1ccc(C(=O)Nc2c(O)cc(Cl)cc2C(=O)Nc2ccc(Cl)cn2)cc1.N=C(N)c1ccc(C(=O)Nc2c(O)cc(Cl)cc2C(=O)Nc2ccc(Cl)cn2)cc1.N=C(c1ccc(C(=O)Nc2c(O)cc(Cl)cc2C(=O)Nc2ccc(Cl)cn2)cc1)N1CCCC1. The van der Waals surface area contributed by atoms with Crippen molar-refractivity contribution < 1.29 is 44.1 Å². The van der Waals surface area contributed by atoms with Crippen LogP contribution in [0.25, 0.3) is 0 Å². The van der Waals surface area contributed by atoms with Gasteiger partial charge in [-0.25, -0.2) is 15.0 Å². The van der Waals surface area contributed by atoms with E-state index < -0.39 is 35.4 Å². The minimum Gasteiger partial charge on any atom is -0.506 e. The Hall–Kier alpha value is -10.9. The lowest BCUT2D eigenvalue weighted by Crippen LogP contribution is -2.27. The first-order chi connectivity index (χ1) is 45.7. The fraction of sp³-hybridized carbons (Fsp3) is 0.0909. The standard InChI is InChI=1S/C24H21Cl2N5O3.C22H19Cl2N5O3.C20H15Cl2N5O3/c25-16-7-8-20(28-13-16)29-24(34)18-11-17(26)12-19(32)21(18)30-23(33)15-5-3-14(4-6-15)22(27)31-9-1-2-10-31;1-29(2)20(25)12-3-5-13(6-4-12)21(31)28-19-16(9-15(24)10-17(19)30)22(32)27-18-8-7-14(23)11-26-18;21-12-5-6-16(25-9-12)26-20(30)14-7-13(22)8-15(28)17(14)27-19(29)11-3-1-10(2-4-11)18(23)24/h3-8,11-13,27,32H,1-2,9-10H2,(H,30,33)(H,28,29,34);3-11,25,30H,1-2H3,(H,28,31)(H,26,27,32);1-9,28H,(H3,23,24)(H,27,29)(H,25,26,30). The van der Waals surface area contributed by atoms with Crippen molar-refractivity contribution in [3.05, 3.63) is 244 Å². The Morgan fingerprint density at radius 3 is 0.979 bits per heavy atom. The summed E-state index contributed by atoms with van der Waals surface area (Å²) in [7, 11) is 3.50. The van der Waals surface area contributed by atoms with Crippen LogP contribution in [0.15, 0.2) is 164 Å². The number of phenols is 3. The van der Waals surface area contributed by atoms with Gasteiger partial charge in [-0.05, 0) is 104 Å². The van der Waals surface area contributed by atoms with E-state index in [2.05, 4.69) is 46.9 Å². The van der Waals surface area contributed by atoms with Crippen LogP contribution in [0.3, 0.4) is 0 Å². The molecule has 0 spiro atoms. The highest BCUT2D eigenvalue weighted by Crippen LogP contribution is 2.36. The maximum atomic E-state index is 12.9. The average molecular weight is 1410 g/mol. The van der Waals surface area contributed by atoms with E-state index in [9.17, 15) is 44.1 Å². The van der Waals surface area contributed by atoms with Crippen LogP contribution < -0.4 is 37.6 Å². The van der Waals surface area contributed by atoms with Gasteiger partial charge in [-0.2, -0.15) is 0 Å². The second-order valence-electron chi connectivity index (χ2n) is 20.8. The Kier molecular flexibility index (Phi) is 23.9.